The Morgan fingerprint density at radius 1 is 1.14 bits per heavy atom. The zero-order valence-electron chi connectivity index (χ0n) is 21.3. The van der Waals surface area contributed by atoms with Gasteiger partial charge in [-0.3, -0.25) is 9.80 Å². The molecular weight excluding hydrogens is 450 g/mol. The highest BCUT2D eigenvalue weighted by molar-refractivity contribution is 5.95. The SMILES string of the molecule is CCOC(=O)C1=C(CN2CCCN(C(=O)NC(C)C)CC2)N(C)C(=O)N[C@H]1c1ccc(OC)cc1. The van der Waals surface area contributed by atoms with Crippen LogP contribution in [0.5, 0.6) is 5.75 Å². The largest absolute Gasteiger partial charge is 0.497 e. The maximum Gasteiger partial charge on any atom is 0.338 e. The second kappa shape index (κ2) is 11.9. The zero-order chi connectivity index (χ0) is 25.5. The van der Waals surface area contributed by atoms with Gasteiger partial charge in [0.1, 0.15) is 5.75 Å². The maximum atomic E-state index is 13.2. The van der Waals surface area contributed by atoms with E-state index in [1.807, 2.05) is 30.9 Å². The van der Waals surface area contributed by atoms with E-state index in [0.717, 1.165) is 18.5 Å². The Morgan fingerprint density at radius 3 is 2.49 bits per heavy atom. The summed E-state index contributed by atoms with van der Waals surface area (Å²) in [4.78, 5) is 44.0. The molecule has 0 unspecified atom stereocenters. The van der Waals surface area contributed by atoms with Crippen molar-refractivity contribution in [2.45, 2.75) is 39.3 Å². The monoisotopic (exact) mass is 487 g/mol. The summed E-state index contributed by atoms with van der Waals surface area (Å²) < 4.78 is 10.7. The quantitative estimate of drug-likeness (QED) is 0.573. The van der Waals surface area contributed by atoms with E-state index in [9.17, 15) is 14.4 Å². The molecule has 1 saturated heterocycles. The van der Waals surface area contributed by atoms with Crippen LogP contribution >= 0.6 is 0 Å². The Balaban J connectivity index is 1.89. The molecule has 10 heteroatoms. The Bertz CT molecular complexity index is 946. The number of benzene rings is 1. The van der Waals surface area contributed by atoms with E-state index < -0.39 is 12.0 Å². The van der Waals surface area contributed by atoms with Crippen molar-refractivity contribution in [3.8, 4) is 5.75 Å². The fraction of sp³-hybridized carbons (Fsp3) is 0.560. The summed E-state index contributed by atoms with van der Waals surface area (Å²) in [7, 11) is 3.25. The van der Waals surface area contributed by atoms with E-state index in [1.54, 1.807) is 33.2 Å². The average molecular weight is 488 g/mol. The molecule has 0 saturated carbocycles. The molecule has 1 fully saturated rings. The van der Waals surface area contributed by atoms with Crippen LogP contribution in [0.3, 0.4) is 0 Å². The van der Waals surface area contributed by atoms with Crippen molar-refractivity contribution >= 4 is 18.0 Å². The highest BCUT2D eigenvalue weighted by atomic mass is 16.5. The summed E-state index contributed by atoms with van der Waals surface area (Å²) in [5.74, 6) is 0.230. The van der Waals surface area contributed by atoms with E-state index >= 15 is 0 Å². The molecule has 0 aliphatic carbocycles. The third-order valence-electron chi connectivity index (χ3n) is 6.18. The first kappa shape index (κ1) is 26.3. The standard InChI is InChI=1S/C25H37N5O5/c1-6-35-23(31)21-20(16-29-12-7-13-30(15-14-29)25(33)26-17(2)3)28(4)24(32)27-22(21)18-8-10-19(34-5)11-9-18/h8-11,17,22H,6-7,12-16H2,1-5H3,(H,26,33)(H,27,32)/t22-/m0/s1. The van der Waals surface area contributed by atoms with Crippen LogP contribution in [0.1, 0.15) is 38.8 Å². The van der Waals surface area contributed by atoms with Gasteiger partial charge in [-0.1, -0.05) is 12.1 Å². The first-order valence-electron chi connectivity index (χ1n) is 12.1. The van der Waals surface area contributed by atoms with Crippen LogP contribution in [0, 0.1) is 0 Å². The summed E-state index contributed by atoms with van der Waals surface area (Å²) in [6, 6.07) is 6.35. The fourth-order valence-corrected chi connectivity index (χ4v) is 4.33. The summed E-state index contributed by atoms with van der Waals surface area (Å²) in [6.07, 6.45) is 0.797. The maximum absolute atomic E-state index is 13.2. The number of hydrogen-bond acceptors (Lipinski definition) is 6. The molecule has 192 valence electrons. The van der Waals surface area contributed by atoms with Gasteiger partial charge in [0.25, 0.3) is 0 Å². The first-order chi connectivity index (χ1) is 16.7. The third-order valence-corrected chi connectivity index (χ3v) is 6.18. The Hall–Kier alpha value is -3.27. The number of urea groups is 2. The number of nitrogens with one attached hydrogen (secondary N) is 2. The predicted octanol–water partition coefficient (Wildman–Crippen LogP) is 2.33. The molecule has 4 amide bonds. The second-order valence-corrected chi connectivity index (χ2v) is 9.02. The van der Waals surface area contributed by atoms with Gasteiger partial charge in [-0.25, -0.2) is 14.4 Å². The Labute approximate surface area is 207 Å². The van der Waals surface area contributed by atoms with E-state index in [4.69, 9.17) is 9.47 Å². The molecule has 0 radical (unpaired) electrons. The molecule has 1 atom stereocenters. The van der Waals surface area contributed by atoms with Gasteiger partial charge >= 0.3 is 18.0 Å². The minimum atomic E-state index is -0.640. The molecule has 35 heavy (non-hydrogen) atoms. The smallest absolute Gasteiger partial charge is 0.338 e. The lowest BCUT2D eigenvalue weighted by molar-refractivity contribution is -0.139. The van der Waals surface area contributed by atoms with Crippen LogP contribution in [-0.2, 0) is 9.53 Å². The number of rotatable bonds is 7. The Kier molecular flexibility index (Phi) is 8.97. The lowest BCUT2D eigenvalue weighted by Gasteiger charge is -2.36. The Morgan fingerprint density at radius 2 is 1.86 bits per heavy atom. The van der Waals surface area contributed by atoms with Crippen molar-refractivity contribution in [3.05, 3.63) is 41.1 Å². The molecule has 1 aromatic rings. The normalized spacial score (nSPS) is 19.4. The van der Waals surface area contributed by atoms with Gasteiger partial charge in [0.2, 0.25) is 0 Å². The summed E-state index contributed by atoms with van der Waals surface area (Å²) in [5.41, 5.74) is 1.78. The fourth-order valence-electron chi connectivity index (χ4n) is 4.33. The number of esters is 1. The van der Waals surface area contributed by atoms with Gasteiger partial charge in [-0.2, -0.15) is 0 Å². The number of carbonyl (C=O) groups excluding carboxylic acids is 3. The highest BCUT2D eigenvalue weighted by Crippen LogP contribution is 2.32. The van der Waals surface area contributed by atoms with Crippen LogP contribution in [0.2, 0.25) is 0 Å². The van der Waals surface area contributed by atoms with Crippen molar-refractivity contribution in [1.29, 1.82) is 0 Å². The second-order valence-electron chi connectivity index (χ2n) is 9.02. The van der Waals surface area contributed by atoms with Crippen LogP contribution in [0.15, 0.2) is 35.5 Å². The number of carbonyl (C=O) groups is 3. The van der Waals surface area contributed by atoms with Gasteiger partial charge < -0.3 is 25.0 Å². The molecule has 2 heterocycles. The number of ether oxygens (including phenoxy) is 2. The zero-order valence-corrected chi connectivity index (χ0v) is 21.3. The molecule has 10 nitrogen and oxygen atoms in total. The van der Waals surface area contributed by atoms with Gasteiger partial charge in [0, 0.05) is 51.5 Å². The minimum Gasteiger partial charge on any atom is -0.497 e. The molecule has 2 N–H and O–H groups in total. The van der Waals surface area contributed by atoms with Gasteiger partial charge in [0.05, 0.1) is 25.3 Å². The molecule has 2 aliphatic heterocycles. The van der Waals surface area contributed by atoms with Crippen molar-refractivity contribution in [3.63, 3.8) is 0 Å². The molecule has 0 spiro atoms. The number of amides is 4. The van der Waals surface area contributed by atoms with Crippen LogP contribution in [0.25, 0.3) is 0 Å². The molecule has 1 aromatic carbocycles. The first-order valence-corrected chi connectivity index (χ1v) is 12.1. The van der Waals surface area contributed by atoms with Crippen molar-refractivity contribution < 1.29 is 23.9 Å². The van der Waals surface area contributed by atoms with Crippen molar-refractivity contribution in [2.24, 2.45) is 0 Å². The lowest BCUT2D eigenvalue weighted by atomic mass is 9.94. The topological polar surface area (TPSA) is 103 Å². The number of methoxy groups -OCH3 is 1. The molecule has 0 aromatic heterocycles. The van der Waals surface area contributed by atoms with Crippen LogP contribution in [-0.4, -0.2) is 92.3 Å². The van der Waals surface area contributed by atoms with Crippen molar-refractivity contribution in [1.82, 2.24) is 25.3 Å². The molecular formula is C25H37N5O5. The summed E-state index contributed by atoms with van der Waals surface area (Å²) in [6.45, 7) is 8.86. The number of likely N-dealkylation sites (N-methyl/N-ethyl adjacent to an activating group) is 1. The minimum absolute atomic E-state index is 0.0676. The van der Waals surface area contributed by atoms with Gasteiger partial charge in [-0.05, 0) is 44.9 Å². The van der Waals surface area contributed by atoms with Crippen LogP contribution in [0.4, 0.5) is 9.59 Å². The lowest BCUT2D eigenvalue weighted by Crippen LogP contribution is -2.49. The molecule has 0 bridgehead atoms. The molecule has 3 rings (SSSR count). The van der Waals surface area contributed by atoms with E-state index in [1.165, 1.54) is 4.90 Å². The van der Waals surface area contributed by atoms with Crippen LogP contribution < -0.4 is 15.4 Å². The van der Waals surface area contributed by atoms with E-state index in [2.05, 4.69) is 15.5 Å². The van der Waals surface area contributed by atoms with E-state index in [0.29, 0.717) is 43.2 Å². The van der Waals surface area contributed by atoms with Crippen molar-refractivity contribution in [2.75, 3.05) is 53.5 Å². The van der Waals surface area contributed by atoms with E-state index in [-0.39, 0.29) is 24.7 Å². The highest BCUT2D eigenvalue weighted by Gasteiger charge is 2.37. The summed E-state index contributed by atoms with van der Waals surface area (Å²) in [5, 5.41) is 5.88. The summed E-state index contributed by atoms with van der Waals surface area (Å²) >= 11 is 0. The number of hydrogen-bond donors (Lipinski definition) is 2. The average Bonchev–Trinajstić information content (AvgIpc) is 3.07. The van der Waals surface area contributed by atoms with Gasteiger partial charge in [0.15, 0.2) is 0 Å². The third kappa shape index (κ3) is 6.45. The number of nitrogens with zero attached hydrogens (tertiary/aromatic N) is 3. The van der Waals surface area contributed by atoms with Gasteiger partial charge in [-0.15, -0.1) is 0 Å². The molecule has 2 aliphatic rings. The predicted molar refractivity (Wildman–Crippen MR) is 132 cm³/mol.